The Bertz CT molecular complexity index is 100. The number of rotatable bonds is 2. The summed E-state index contributed by atoms with van der Waals surface area (Å²) in [6.07, 6.45) is -4.64. The van der Waals surface area contributed by atoms with Crippen LogP contribution in [0.4, 0.5) is 13.2 Å². The van der Waals surface area contributed by atoms with Gasteiger partial charge < -0.3 is 10.1 Å². The predicted molar refractivity (Wildman–Crippen MR) is 25.0 cm³/mol. The van der Waals surface area contributed by atoms with Crippen LogP contribution < -0.4 is 5.32 Å². The molecule has 1 N–H and O–H groups in total. The van der Waals surface area contributed by atoms with Gasteiger partial charge in [0.2, 0.25) is 0 Å². The summed E-state index contributed by atoms with van der Waals surface area (Å²) >= 11 is 0. The molecule has 0 aromatic heterocycles. The van der Waals surface area contributed by atoms with Gasteiger partial charge in [0.25, 0.3) is 0 Å². The highest BCUT2D eigenvalue weighted by Crippen LogP contribution is 2.17. The van der Waals surface area contributed by atoms with Gasteiger partial charge in [-0.2, -0.15) is 13.2 Å². The van der Waals surface area contributed by atoms with Crippen molar-refractivity contribution in [1.29, 1.82) is 0 Å². The summed E-state index contributed by atoms with van der Waals surface area (Å²) in [6.45, 7) is 0. The number of alkyl halides is 3. The van der Waals surface area contributed by atoms with Crippen molar-refractivity contribution < 1.29 is 18.0 Å². The minimum Gasteiger partial charge on any atom is -0.303 e. The number of carbonyl (C=O) groups excluding carboxylic acids is 1. The molecule has 1 unspecified atom stereocenters. The molecule has 5 heteroatoms. The topological polar surface area (TPSA) is 29.1 Å². The lowest BCUT2D eigenvalue weighted by atomic mass is 10.3. The molecule has 0 spiro atoms. The summed E-state index contributed by atoms with van der Waals surface area (Å²) in [5, 5.41) is 1.80. The van der Waals surface area contributed by atoms with Crippen LogP contribution in [-0.2, 0) is 4.79 Å². The second-order valence-corrected chi connectivity index (χ2v) is 1.44. The van der Waals surface area contributed by atoms with E-state index < -0.39 is 12.2 Å². The summed E-state index contributed by atoms with van der Waals surface area (Å²) in [5.74, 6) is 0. The molecule has 0 aliphatic heterocycles. The van der Waals surface area contributed by atoms with Crippen molar-refractivity contribution in [3.05, 3.63) is 0 Å². The van der Waals surface area contributed by atoms with Crippen LogP contribution in [-0.4, -0.2) is 25.6 Å². The lowest BCUT2D eigenvalue weighted by Crippen LogP contribution is -2.41. The summed E-state index contributed by atoms with van der Waals surface area (Å²) in [6, 6.07) is -2.03. The van der Waals surface area contributed by atoms with Gasteiger partial charge in [0.05, 0.1) is 0 Å². The van der Waals surface area contributed by atoms with Crippen LogP contribution >= 0.6 is 0 Å². The van der Waals surface area contributed by atoms with E-state index in [2.05, 4.69) is 0 Å². The van der Waals surface area contributed by atoms with E-state index in [1.165, 1.54) is 0 Å². The number of hydrogen-bond acceptors (Lipinski definition) is 2. The Morgan fingerprint density at radius 3 is 2.00 bits per heavy atom. The molecule has 0 aromatic carbocycles. The monoisotopic (exact) mass is 141 g/mol. The Labute approximate surface area is 50.0 Å². The number of carbonyl (C=O) groups is 1. The Balaban J connectivity index is 3.94. The maximum absolute atomic E-state index is 11.4. The molecule has 54 valence electrons. The van der Waals surface area contributed by atoms with Gasteiger partial charge in [-0.05, 0) is 7.05 Å². The second kappa shape index (κ2) is 2.82. The third-order valence-corrected chi connectivity index (χ3v) is 0.800. The smallest absolute Gasteiger partial charge is 0.303 e. The highest BCUT2D eigenvalue weighted by molar-refractivity contribution is 5.58. The molecule has 0 aromatic rings. The molecule has 0 radical (unpaired) electrons. The summed E-state index contributed by atoms with van der Waals surface area (Å²) in [7, 11) is 1.08. The lowest BCUT2D eigenvalue weighted by molar-refractivity contribution is -0.158. The highest BCUT2D eigenvalue weighted by atomic mass is 19.4. The SMILES string of the molecule is CNC(C=O)C(F)(F)F. The molecular formula is C4H6F3NO. The molecule has 0 heterocycles. The molecule has 0 saturated carbocycles. The molecule has 2 nitrogen and oxygen atoms in total. The van der Waals surface area contributed by atoms with Crippen molar-refractivity contribution in [2.75, 3.05) is 7.05 Å². The quantitative estimate of drug-likeness (QED) is 0.561. The van der Waals surface area contributed by atoms with Gasteiger partial charge in [0.1, 0.15) is 6.29 Å². The molecule has 0 saturated heterocycles. The first-order valence-electron chi connectivity index (χ1n) is 2.21. The van der Waals surface area contributed by atoms with E-state index in [-0.39, 0.29) is 6.29 Å². The van der Waals surface area contributed by atoms with Gasteiger partial charge in [0, 0.05) is 0 Å². The minimum absolute atomic E-state index is 0.181. The fourth-order valence-corrected chi connectivity index (χ4v) is 0.309. The Morgan fingerprint density at radius 1 is 1.56 bits per heavy atom. The maximum Gasteiger partial charge on any atom is 0.410 e. The van der Waals surface area contributed by atoms with E-state index in [9.17, 15) is 18.0 Å². The molecule has 0 aliphatic carbocycles. The van der Waals surface area contributed by atoms with E-state index in [4.69, 9.17) is 0 Å². The van der Waals surface area contributed by atoms with Gasteiger partial charge in [0.15, 0.2) is 6.04 Å². The van der Waals surface area contributed by atoms with Crippen LogP contribution in [0.5, 0.6) is 0 Å². The zero-order chi connectivity index (χ0) is 7.49. The second-order valence-electron chi connectivity index (χ2n) is 1.44. The normalized spacial score (nSPS) is 15.1. The van der Waals surface area contributed by atoms with E-state index in [0.29, 0.717) is 0 Å². The van der Waals surface area contributed by atoms with Crippen molar-refractivity contribution in [2.45, 2.75) is 12.2 Å². The summed E-state index contributed by atoms with van der Waals surface area (Å²) < 4.78 is 34.3. The standard InChI is InChI=1S/C4H6F3NO/c1-8-3(2-9)4(5,6)7/h2-3,8H,1H3. The molecule has 0 bridgehead atoms. The fraction of sp³-hybridized carbons (Fsp3) is 0.750. The van der Waals surface area contributed by atoms with E-state index in [0.717, 1.165) is 7.05 Å². The third kappa shape index (κ3) is 2.46. The van der Waals surface area contributed by atoms with Crippen LogP contribution in [0, 0.1) is 0 Å². The summed E-state index contributed by atoms with van der Waals surface area (Å²) in [4.78, 5) is 9.60. The highest BCUT2D eigenvalue weighted by Gasteiger charge is 2.38. The maximum atomic E-state index is 11.4. The molecule has 1 atom stereocenters. The minimum atomic E-state index is -4.46. The van der Waals surface area contributed by atoms with Crippen molar-refractivity contribution in [2.24, 2.45) is 0 Å². The first-order valence-corrected chi connectivity index (χ1v) is 2.21. The van der Waals surface area contributed by atoms with Gasteiger partial charge in [-0.3, -0.25) is 0 Å². The van der Waals surface area contributed by atoms with Gasteiger partial charge in [-0.25, -0.2) is 0 Å². The summed E-state index contributed by atoms with van der Waals surface area (Å²) in [5.41, 5.74) is 0. The number of hydrogen-bond donors (Lipinski definition) is 1. The molecule has 0 rings (SSSR count). The van der Waals surface area contributed by atoms with Crippen LogP contribution in [0.1, 0.15) is 0 Å². The third-order valence-electron chi connectivity index (χ3n) is 0.800. The number of likely N-dealkylation sites (N-methyl/N-ethyl adjacent to an activating group) is 1. The average molecular weight is 141 g/mol. The van der Waals surface area contributed by atoms with Crippen LogP contribution in [0.3, 0.4) is 0 Å². The Hall–Kier alpha value is -0.580. The van der Waals surface area contributed by atoms with Gasteiger partial charge in [-0.1, -0.05) is 0 Å². The van der Waals surface area contributed by atoms with E-state index >= 15 is 0 Å². The number of nitrogens with one attached hydrogen (secondary N) is 1. The molecule has 0 aliphatic rings. The number of halogens is 3. The Kier molecular flexibility index (Phi) is 2.64. The van der Waals surface area contributed by atoms with Gasteiger partial charge in [-0.15, -0.1) is 0 Å². The Morgan fingerprint density at radius 2 is 2.00 bits per heavy atom. The van der Waals surface area contributed by atoms with Crippen LogP contribution in [0.2, 0.25) is 0 Å². The van der Waals surface area contributed by atoms with Crippen molar-refractivity contribution >= 4 is 6.29 Å². The molecule has 0 fully saturated rings. The largest absolute Gasteiger partial charge is 0.410 e. The van der Waals surface area contributed by atoms with Crippen molar-refractivity contribution in [1.82, 2.24) is 5.32 Å². The van der Waals surface area contributed by atoms with Crippen LogP contribution in [0.15, 0.2) is 0 Å². The predicted octanol–water partition coefficient (Wildman–Crippen LogP) is 0.336. The molecule has 0 amide bonds. The molecular weight excluding hydrogens is 135 g/mol. The zero-order valence-electron chi connectivity index (χ0n) is 4.70. The first kappa shape index (κ1) is 8.42. The van der Waals surface area contributed by atoms with E-state index in [1.807, 2.05) is 0 Å². The average Bonchev–Trinajstić information content (AvgIpc) is 1.65. The number of aldehydes is 1. The zero-order valence-corrected chi connectivity index (χ0v) is 4.70. The van der Waals surface area contributed by atoms with E-state index in [1.54, 1.807) is 5.32 Å². The fourth-order valence-electron chi connectivity index (χ4n) is 0.309. The van der Waals surface area contributed by atoms with Gasteiger partial charge >= 0.3 is 6.18 Å². The van der Waals surface area contributed by atoms with Crippen LogP contribution in [0.25, 0.3) is 0 Å². The lowest BCUT2D eigenvalue weighted by Gasteiger charge is -2.11. The van der Waals surface area contributed by atoms with Crippen molar-refractivity contribution in [3.63, 3.8) is 0 Å². The molecule has 9 heavy (non-hydrogen) atoms. The first-order chi connectivity index (χ1) is 4.02. The van der Waals surface area contributed by atoms with Crippen molar-refractivity contribution in [3.8, 4) is 0 Å².